The fourth-order valence-corrected chi connectivity index (χ4v) is 2.51. The van der Waals surface area contributed by atoms with Gasteiger partial charge >= 0.3 is 0 Å². The maximum absolute atomic E-state index is 12.1. The molecular weight excluding hydrogens is 372 g/mol. The van der Waals surface area contributed by atoms with E-state index in [0.717, 1.165) is 17.2 Å². The molecule has 152 valence electrons. The van der Waals surface area contributed by atoms with Crippen LogP contribution >= 0.6 is 0 Å². The summed E-state index contributed by atoms with van der Waals surface area (Å²) < 4.78 is 20.8. The van der Waals surface area contributed by atoms with Gasteiger partial charge in [0.05, 0.1) is 28.4 Å². The van der Waals surface area contributed by atoms with Crippen molar-refractivity contribution in [2.24, 2.45) is 0 Å². The van der Waals surface area contributed by atoms with Crippen LogP contribution < -0.4 is 18.9 Å². The van der Waals surface area contributed by atoms with E-state index >= 15 is 0 Å². The molecule has 0 spiro atoms. The van der Waals surface area contributed by atoms with Gasteiger partial charge in [-0.15, -0.1) is 0 Å². The molecule has 2 aromatic carbocycles. The summed E-state index contributed by atoms with van der Waals surface area (Å²) in [7, 11) is 6.21. The highest BCUT2D eigenvalue weighted by atomic mass is 16.5. The predicted molar refractivity (Wildman–Crippen MR) is 113 cm³/mol. The number of rotatable bonds is 9. The summed E-state index contributed by atoms with van der Waals surface area (Å²) in [6.45, 7) is 0. The third-order valence-electron chi connectivity index (χ3n) is 3.99. The lowest BCUT2D eigenvalue weighted by Gasteiger charge is -2.07. The van der Waals surface area contributed by atoms with Crippen LogP contribution in [0.3, 0.4) is 0 Å². The number of carbonyl (C=O) groups excluding carboxylic acids is 1. The van der Waals surface area contributed by atoms with Crippen molar-refractivity contribution in [3.05, 3.63) is 71.5 Å². The van der Waals surface area contributed by atoms with Gasteiger partial charge in [0, 0.05) is 6.08 Å². The van der Waals surface area contributed by atoms with Gasteiger partial charge in [0.1, 0.15) is 5.76 Å². The first-order valence-corrected chi connectivity index (χ1v) is 8.75. The molecule has 0 fully saturated rings. The molecule has 0 radical (unpaired) electrons. The third-order valence-corrected chi connectivity index (χ3v) is 3.99. The van der Waals surface area contributed by atoms with Gasteiger partial charge in [0.15, 0.2) is 28.8 Å². The maximum Gasteiger partial charge on any atom is 0.182 e. The fraction of sp³-hybridized carbons (Fsp3) is 0.174. The standard InChI is InChI=1S/C23H24O6/c1-26-20-11-7-16(13-22(20)28-3)5-9-18(24)15-19(25)10-6-17-8-12-21(27-2)23(14-17)29-4/h5-15,24H,1-4H3/b9-5-,10-6+,18-15+. The Bertz CT molecular complexity index is 940. The predicted octanol–water partition coefficient (Wildman–Crippen LogP) is 4.46. The van der Waals surface area contributed by atoms with E-state index in [1.54, 1.807) is 70.9 Å². The third kappa shape index (κ3) is 6.17. The lowest BCUT2D eigenvalue weighted by atomic mass is 10.1. The number of ketones is 1. The first-order chi connectivity index (χ1) is 14.0. The minimum absolute atomic E-state index is 0.165. The largest absolute Gasteiger partial charge is 0.508 e. The van der Waals surface area contributed by atoms with Crippen LogP contribution in [0, 0.1) is 0 Å². The molecule has 0 aromatic heterocycles. The molecule has 0 saturated carbocycles. The van der Waals surface area contributed by atoms with E-state index in [0.29, 0.717) is 23.0 Å². The number of benzene rings is 2. The van der Waals surface area contributed by atoms with Crippen LogP contribution in [0.5, 0.6) is 23.0 Å². The molecule has 0 atom stereocenters. The van der Waals surface area contributed by atoms with Gasteiger partial charge in [0.25, 0.3) is 0 Å². The highest BCUT2D eigenvalue weighted by Gasteiger charge is 2.04. The number of methoxy groups -OCH3 is 4. The monoisotopic (exact) mass is 396 g/mol. The van der Waals surface area contributed by atoms with E-state index in [-0.39, 0.29) is 11.5 Å². The first kappa shape index (κ1) is 21.6. The van der Waals surface area contributed by atoms with Crippen molar-refractivity contribution < 1.29 is 28.8 Å². The zero-order chi connectivity index (χ0) is 21.2. The molecule has 0 unspecified atom stereocenters. The molecule has 1 N–H and O–H groups in total. The van der Waals surface area contributed by atoms with E-state index < -0.39 is 0 Å². The van der Waals surface area contributed by atoms with E-state index in [9.17, 15) is 9.90 Å². The fourth-order valence-electron chi connectivity index (χ4n) is 2.51. The van der Waals surface area contributed by atoms with Crippen LogP contribution in [0.1, 0.15) is 11.1 Å². The molecule has 29 heavy (non-hydrogen) atoms. The van der Waals surface area contributed by atoms with Crippen LogP contribution in [0.25, 0.3) is 12.2 Å². The molecular formula is C23H24O6. The minimum atomic E-state index is -0.353. The van der Waals surface area contributed by atoms with Crippen molar-refractivity contribution >= 4 is 17.9 Å². The number of hydrogen-bond acceptors (Lipinski definition) is 6. The Kier molecular flexibility index (Phi) is 7.91. The lowest BCUT2D eigenvalue weighted by Crippen LogP contribution is -1.91. The van der Waals surface area contributed by atoms with E-state index in [1.807, 2.05) is 6.07 Å². The quantitative estimate of drug-likeness (QED) is 0.383. The maximum atomic E-state index is 12.1. The van der Waals surface area contributed by atoms with Gasteiger partial charge in [-0.05, 0) is 47.5 Å². The van der Waals surface area contributed by atoms with E-state index in [2.05, 4.69) is 0 Å². The molecule has 2 rings (SSSR count). The molecule has 2 aromatic rings. The number of aliphatic hydroxyl groups is 1. The Morgan fingerprint density at radius 2 is 1.17 bits per heavy atom. The first-order valence-electron chi connectivity index (χ1n) is 8.75. The summed E-state index contributed by atoms with van der Waals surface area (Å²) in [5.41, 5.74) is 1.56. The SMILES string of the molecule is COc1ccc(/C=C\C(O)=C/C(=O)/C=C/c2ccc(OC)c(OC)c2)cc1OC. The van der Waals surface area contributed by atoms with Crippen molar-refractivity contribution in [1.82, 2.24) is 0 Å². The van der Waals surface area contributed by atoms with Crippen LogP contribution in [-0.4, -0.2) is 39.3 Å². The number of ether oxygens (including phenoxy) is 4. The Balaban J connectivity index is 2.06. The summed E-state index contributed by atoms with van der Waals surface area (Å²) in [5, 5.41) is 9.98. The normalized spacial score (nSPS) is 11.7. The molecule has 0 aliphatic rings. The summed E-state index contributed by atoms with van der Waals surface area (Å²) in [6, 6.07) is 10.6. The molecule has 6 nitrogen and oxygen atoms in total. The second-order valence-electron chi connectivity index (χ2n) is 5.87. The second-order valence-corrected chi connectivity index (χ2v) is 5.87. The van der Waals surface area contributed by atoms with Gasteiger partial charge in [-0.1, -0.05) is 24.3 Å². The van der Waals surface area contributed by atoms with Crippen LogP contribution in [0.2, 0.25) is 0 Å². The lowest BCUT2D eigenvalue weighted by molar-refractivity contribution is -0.110. The molecule has 0 saturated heterocycles. The average Bonchev–Trinajstić information content (AvgIpc) is 2.75. The van der Waals surface area contributed by atoms with E-state index in [1.165, 1.54) is 12.2 Å². The molecule has 0 amide bonds. The summed E-state index contributed by atoms with van der Waals surface area (Å²) >= 11 is 0. The summed E-state index contributed by atoms with van der Waals surface area (Å²) in [6.07, 6.45) is 7.23. The van der Waals surface area contributed by atoms with Gasteiger partial charge in [-0.2, -0.15) is 0 Å². The zero-order valence-electron chi connectivity index (χ0n) is 16.8. The van der Waals surface area contributed by atoms with Crippen molar-refractivity contribution in [1.29, 1.82) is 0 Å². The highest BCUT2D eigenvalue weighted by Crippen LogP contribution is 2.29. The molecule has 0 aliphatic heterocycles. The van der Waals surface area contributed by atoms with E-state index in [4.69, 9.17) is 18.9 Å². The molecule has 0 heterocycles. The second kappa shape index (κ2) is 10.6. The summed E-state index contributed by atoms with van der Waals surface area (Å²) in [5.74, 6) is 1.84. The van der Waals surface area contributed by atoms with Gasteiger partial charge in [-0.25, -0.2) is 0 Å². The van der Waals surface area contributed by atoms with Crippen LogP contribution in [-0.2, 0) is 4.79 Å². The highest BCUT2D eigenvalue weighted by molar-refractivity contribution is 6.02. The molecule has 0 bridgehead atoms. The number of hydrogen-bond donors (Lipinski definition) is 1. The van der Waals surface area contributed by atoms with Crippen LogP contribution in [0.15, 0.2) is 60.4 Å². The smallest absolute Gasteiger partial charge is 0.182 e. The van der Waals surface area contributed by atoms with Gasteiger partial charge in [-0.3, -0.25) is 4.79 Å². The Morgan fingerprint density at radius 3 is 1.62 bits per heavy atom. The average molecular weight is 396 g/mol. The van der Waals surface area contributed by atoms with Crippen LogP contribution in [0.4, 0.5) is 0 Å². The number of aliphatic hydroxyl groups excluding tert-OH is 1. The van der Waals surface area contributed by atoms with Crippen molar-refractivity contribution in [3.8, 4) is 23.0 Å². The molecule has 0 aliphatic carbocycles. The van der Waals surface area contributed by atoms with Crippen molar-refractivity contribution in [2.45, 2.75) is 0 Å². The number of allylic oxidation sites excluding steroid dienone is 3. The molecule has 6 heteroatoms. The number of carbonyl (C=O) groups is 1. The Labute approximate surface area is 170 Å². The topological polar surface area (TPSA) is 74.2 Å². The van der Waals surface area contributed by atoms with Gasteiger partial charge in [0.2, 0.25) is 0 Å². The summed E-state index contributed by atoms with van der Waals surface area (Å²) in [4.78, 5) is 12.1. The minimum Gasteiger partial charge on any atom is -0.508 e. The Hall–Kier alpha value is -3.67. The Morgan fingerprint density at radius 1 is 0.724 bits per heavy atom. The van der Waals surface area contributed by atoms with Crippen molar-refractivity contribution in [2.75, 3.05) is 28.4 Å². The van der Waals surface area contributed by atoms with Crippen molar-refractivity contribution in [3.63, 3.8) is 0 Å². The van der Waals surface area contributed by atoms with Gasteiger partial charge < -0.3 is 24.1 Å². The zero-order valence-corrected chi connectivity index (χ0v) is 16.8.